The normalized spacial score (nSPS) is 15.5. The van der Waals surface area contributed by atoms with Crippen molar-refractivity contribution in [2.75, 3.05) is 20.1 Å². The van der Waals surface area contributed by atoms with Gasteiger partial charge >= 0.3 is 0 Å². The summed E-state index contributed by atoms with van der Waals surface area (Å²) in [6.45, 7) is 11.1. The van der Waals surface area contributed by atoms with Gasteiger partial charge in [0, 0.05) is 43.4 Å². The van der Waals surface area contributed by atoms with Crippen LogP contribution in [0.2, 0.25) is 0 Å². The van der Waals surface area contributed by atoms with Crippen LogP contribution in [0.15, 0.2) is 53.2 Å². The summed E-state index contributed by atoms with van der Waals surface area (Å²) >= 11 is 0. The van der Waals surface area contributed by atoms with Gasteiger partial charge in [0.15, 0.2) is 0 Å². The highest BCUT2D eigenvalue weighted by Gasteiger charge is 2.28. The van der Waals surface area contributed by atoms with Crippen LogP contribution >= 0.6 is 0 Å². The van der Waals surface area contributed by atoms with E-state index in [1.807, 2.05) is 25.8 Å². The van der Waals surface area contributed by atoms with Crippen LogP contribution in [0.4, 0.5) is 4.39 Å². The van der Waals surface area contributed by atoms with Crippen molar-refractivity contribution in [3.63, 3.8) is 0 Å². The summed E-state index contributed by atoms with van der Waals surface area (Å²) in [7, 11) is 1.97. The maximum absolute atomic E-state index is 13.3. The molecule has 4 nitrogen and oxygen atoms in total. The lowest BCUT2D eigenvalue weighted by atomic mass is 9.83. The van der Waals surface area contributed by atoms with Crippen molar-refractivity contribution in [1.29, 1.82) is 0 Å². The Kier molecular flexibility index (Phi) is 7.65. The number of benzene rings is 1. The molecule has 1 aromatic carbocycles. The van der Waals surface area contributed by atoms with E-state index in [0.717, 1.165) is 23.5 Å². The third-order valence-corrected chi connectivity index (χ3v) is 4.01. The van der Waals surface area contributed by atoms with Crippen molar-refractivity contribution in [2.24, 2.45) is 16.5 Å². The summed E-state index contributed by atoms with van der Waals surface area (Å²) in [5, 5.41) is 0. The third-order valence-electron chi connectivity index (χ3n) is 4.01. The van der Waals surface area contributed by atoms with E-state index in [1.54, 1.807) is 18.2 Å². The molecule has 4 N–H and O–H groups in total. The molecule has 2 unspecified atom stereocenters. The molecule has 0 saturated heterocycles. The van der Waals surface area contributed by atoms with Crippen molar-refractivity contribution >= 4 is 5.84 Å². The molecule has 0 aromatic heterocycles. The van der Waals surface area contributed by atoms with Gasteiger partial charge in [0.1, 0.15) is 11.7 Å². The van der Waals surface area contributed by atoms with E-state index in [1.165, 1.54) is 12.1 Å². The van der Waals surface area contributed by atoms with E-state index in [4.69, 9.17) is 11.5 Å². The fourth-order valence-electron chi connectivity index (χ4n) is 2.66. The number of halogens is 1. The Balaban J connectivity index is 3.55. The first-order chi connectivity index (χ1) is 11.4. The molecule has 5 heteroatoms. The molecule has 0 spiro atoms. The predicted molar refractivity (Wildman–Crippen MR) is 100 cm³/mol. The summed E-state index contributed by atoms with van der Waals surface area (Å²) in [5.74, 6) is 0.284. The highest BCUT2D eigenvalue weighted by Crippen LogP contribution is 2.31. The maximum atomic E-state index is 13.3. The van der Waals surface area contributed by atoms with Crippen LogP contribution in [-0.4, -0.2) is 36.9 Å². The Morgan fingerprint density at radius 3 is 2.33 bits per heavy atom. The van der Waals surface area contributed by atoms with Crippen LogP contribution in [0.25, 0.3) is 0 Å². The van der Waals surface area contributed by atoms with Crippen molar-refractivity contribution in [3.8, 4) is 0 Å². The molecule has 24 heavy (non-hydrogen) atoms. The maximum Gasteiger partial charge on any atom is 0.128 e. The summed E-state index contributed by atoms with van der Waals surface area (Å²) in [6.07, 6.45) is 1.69. The second-order valence-electron chi connectivity index (χ2n) is 5.75. The molecule has 1 rings (SSSR count). The van der Waals surface area contributed by atoms with Gasteiger partial charge in [-0.25, -0.2) is 4.39 Å². The molecule has 2 atom stereocenters. The van der Waals surface area contributed by atoms with Crippen LogP contribution in [-0.2, 0) is 0 Å². The molecule has 132 valence electrons. The smallest absolute Gasteiger partial charge is 0.128 e. The van der Waals surface area contributed by atoms with Gasteiger partial charge in [-0.05, 0) is 38.5 Å². The number of rotatable bonds is 7. The number of nitrogens with two attached hydrogens (primary N) is 2. The van der Waals surface area contributed by atoms with E-state index >= 15 is 0 Å². The quantitative estimate of drug-likeness (QED) is 0.458. The van der Waals surface area contributed by atoms with Gasteiger partial charge in [-0.1, -0.05) is 18.2 Å². The minimum absolute atomic E-state index is 0.243. The minimum atomic E-state index is -0.365. The third kappa shape index (κ3) is 4.68. The fourth-order valence-corrected chi connectivity index (χ4v) is 2.66. The number of aliphatic imine (C=N–C) groups is 1. The van der Waals surface area contributed by atoms with Gasteiger partial charge in [-0.2, -0.15) is 0 Å². The van der Waals surface area contributed by atoms with Crippen LogP contribution in [0.5, 0.6) is 0 Å². The molecule has 0 heterocycles. The Hall–Kier alpha value is -2.14. The number of allylic oxidation sites excluding steroid dienone is 1. The molecule has 0 saturated carbocycles. The molecular weight excluding hydrogens is 303 g/mol. The largest absolute Gasteiger partial charge is 0.402 e. The summed E-state index contributed by atoms with van der Waals surface area (Å²) in [6, 6.07) is 5.98. The molecule has 0 amide bonds. The van der Waals surface area contributed by atoms with Gasteiger partial charge in [0.05, 0.1) is 0 Å². The van der Waals surface area contributed by atoms with Gasteiger partial charge in [0.2, 0.25) is 0 Å². The summed E-state index contributed by atoms with van der Waals surface area (Å²) in [5.41, 5.74) is 15.0. The second-order valence-corrected chi connectivity index (χ2v) is 5.75. The Bertz CT molecular complexity index is 600. The van der Waals surface area contributed by atoms with Crippen LogP contribution < -0.4 is 11.5 Å². The monoisotopic (exact) mass is 332 g/mol. The lowest BCUT2D eigenvalue weighted by Gasteiger charge is -2.31. The zero-order valence-electron chi connectivity index (χ0n) is 15.1. The number of amidine groups is 1. The van der Waals surface area contributed by atoms with Gasteiger partial charge < -0.3 is 16.4 Å². The number of nitrogens with zero attached hydrogens (tertiary/aromatic N) is 2. The van der Waals surface area contributed by atoms with Gasteiger partial charge in [-0.3, -0.25) is 4.99 Å². The first-order valence-corrected chi connectivity index (χ1v) is 8.23. The SMILES string of the molecule is C=CC(N)C(/C(C(=NCC)N(C)CC)=C(\C)N)c1ccc(F)cc1. The molecular formula is C19H29FN4. The van der Waals surface area contributed by atoms with E-state index < -0.39 is 0 Å². The average molecular weight is 332 g/mol. The van der Waals surface area contributed by atoms with E-state index in [-0.39, 0.29) is 17.8 Å². The van der Waals surface area contributed by atoms with Crippen molar-refractivity contribution < 1.29 is 4.39 Å². The van der Waals surface area contributed by atoms with E-state index in [0.29, 0.717) is 12.2 Å². The number of likely N-dealkylation sites (N-methyl/N-ethyl adjacent to an activating group) is 1. The Labute approximate surface area is 144 Å². The lowest BCUT2D eigenvalue weighted by Crippen LogP contribution is -2.37. The minimum Gasteiger partial charge on any atom is -0.402 e. The Morgan fingerprint density at radius 2 is 1.92 bits per heavy atom. The first kappa shape index (κ1) is 19.9. The Morgan fingerprint density at radius 1 is 1.33 bits per heavy atom. The summed E-state index contributed by atoms with van der Waals surface area (Å²) in [4.78, 5) is 6.68. The first-order valence-electron chi connectivity index (χ1n) is 8.23. The molecule has 0 aliphatic carbocycles. The van der Waals surface area contributed by atoms with E-state index in [2.05, 4.69) is 18.5 Å². The highest BCUT2D eigenvalue weighted by molar-refractivity contribution is 6.00. The van der Waals surface area contributed by atoms with Crippen molar-refractivity contribution in [2.45, 2.75) is 32.7 Å². The van der Waals surface area contributed by atoms with Crippen molar-refractivity contribution in [3.05, 3.63) is 59.6 Å². The van der Waals surface area contributed by atoms with Gasteiger partial charge in [-0.15, -0.1) is 6.58 Å². The molecule has 1 aromatic rings. The van der Waals surface area contributed by atoms with Crippen molar-refractivity contribution in [1.82, 2.24) is 4.90 Å². The molecule has 0 radical (unpaired) electrons. The summed E-state index contributed by atoms with van der Waals surface area (Å²) < 4.78 is 13.3. The predicted octanol–water partition coefficient (Wildman–Crippen LogP) is 3.03. The topological polar surface area (TPSA) is 67.6 Å². The van der Waals surface area contributed by atoms with Crippen LogP contribution in [0, 0.1) is 5.82 Å². The zero-order valence-corrected chi connectivity index (χ0v) is 15.1. The van der Waals surface area contributed by atoms with Crippen LogP contribution in [0.3, 0.4) is 0 Å². The molecule has 0 aliphatic heterocycles. The zero-order chi connectivity index (χ0) is 18.3. The molecule has 0 fully saturated rings. The van der Waals surface area contributed by atoms with Gasteiger partial charge in [0.25, 0.3) is 0 Å². The number of hydrogen-bond donors (Lipinski definition) is 2. The number of hydrogen-bond acceptors (Lipinski definition) is 3. The highest BCUT2D eigenvalue weighted by atomic mass is 19.1. The standard InChI is InChI=1S/C19H29FN4/c1-6-16(22)18(14-9-11-15(20)12-10-14)17(13(4)21)19(23-7-2)24(5)8-3/h6,9-12,16,18H,1,7-8,21-22H2,2-5H3/b17-13-,23-19?. The lowest BCUT2D eigenvalue weighted by molar-refractivity contribution is 0.524. The average Bonchev–Trinajstić information content (AvgIpc) is 2.57. The second kappa shape index (κ2) is 9.23. The fraction of sp³-hybridized carbons (Fsp3) is 0.421. The molecule has 0 bridgehead atoms. The van der Waals surface area contributed by atoms with Crippen LogP contribution in [0.1, 0.15) is 32.3 Å². The van der Waals surface area contributed by atoms with E-state index in [9.17, 15) is 4.39 Å². The molecule has 0 aliphatic rings.